The molecule has 0 saturated carbocycles. The number of anilines is 3. The summed E-state index contributed by atoms with van der Waals surface area (Å²) in [6, 6.07) is 23.4. The van der Waals surface area contributed by atoms with Crippen LogP contribution in [0, 0.1) is 0 Å². The van der Waals surface area contributed by atoms with E-state index in [-0.39, 0.29) is 11.8 Å². The number of carbonyl (C=O) groups excluding carboxylic acids is 2. The predicted molar refractivity (Wildman–Crippen MR) is 160 cm³/mol. The second kappa shape index (κ2) is 11.6. The number of rotatable bonds is 7. The van der Waals surface area contributed by atoms with Crippen molar-refractivity contribution in [2.45, 2.75) is 19.9 Å². The van der Waals surface area contributed by atoms with Crippen LogP contribution in [0.4, 0.5) is 17.1 Å². The van der Waals surface area contributed by atoms with Crippen LogP contribution in [0.1, 0.15) is 25.0 Å². The Balaban J connectivity index is 1.33. The normalized spacial score (nSPS) is 17.1. The van der Waals surface area contributed by atoms with E-state index in [4.69, 9.17) is 11.6 Å². The van der Waals surface area contributed by atoms with Gasteiger partial charge in [0.1, 0.15) is 0 Å². The molecule has 8 heteroatoms. The highest BCUT2D eigenvalue weighted by Crippen LogP contribution is 2.38. The molecule has 0 aromatic heterocycles. The number of hydrogen-bond donors (Lipinski definition) is 2. The number of hydrogen-bond acceptors (Lipinski definition) is 5. The molecule has 0 atom stereocenters. The van der Waals surface area contributed by atoms with Crippen molar-refractivity contribution in [2.24, 2.45) is 0 Å². The van der Waals surface area contributed by atoms with E-state index in [1.807, 2.05) is 67.7 Å². The lowest BCUT2D eigenvalue weighted by atomic mass is 10.00. The molecule has 3 aromatic rings. The molecule has 5 rings (SSSR count). The summed E-state index contributed by atoms with van der Waals surface area (Å²) >= 11 is 6.16. The summed E-state index contributed by atoms with van der Waals surface area (Å²) in [5, 5.41) is 6.96. The molecule has 0 aliphatic carbocycles. The molecule has 2 aliphatic rings. The van der Waals surface area contributed by atoms with Crippen LogP contribution in [0.15, 0.2) is 72.8 Å². The van der Waals surface area contributed by atoms with Crippen molar-refractivity contribution in [1.29, 1.82) is 0 Å². The van der Waals surface area contributed by atoms with Gasteiger partial charge in [0.25, 0.3) is 5.91 Å². The first-order valence-corrected chi connectivity index (χ1v) is 13.7. The molecule has 2 aliphatic heterocycles. The van der Waals surface area contributed by atoms with Gasteiger partial charge in [-0.15, -0.1) is 0 Å². The molecule has 1 fully saturated rings. The number of nitrogens with one attached hydrogen (secondary N) is 2. The van der Waals surface area contributed by atoms with Crippen LogP contribution in [-0.2, 0) is 9.59 Å². The molecule has 3 aromatic carbocycles. The van der Waals surface area contributed by atoms with Crippen molar-refractivity contribution in [2.75, 3.05) is 55.3 Å². The summed E-state index contributed by atoms with van der Waals surface area (Å²) in [5.41, 5.74) is 5.27. The van der Waals surface area contributed by atoms with E-state index in [1.54, 1.807) is 17.0 Å². The molecule has 1 saturated heterocycles. The van der Waals surface area contributed by atoms with E-state index < -0.39 is 0 Å². The second-order valence-corrected chi connectivity index (χ2v) is 10.7. The first kappa shape index (κ1) is 26.9. The quantitative estimate of drug-likeness (QED) is 0.398. The fourth-order valence-corrected chi connectivity index (χ4v) is 5.24. The topological polar surface area (TPSA) is 67.9 Å². The van der Waals surface area contributed by atoms with E-state index in [2.05, 4.69) is 34.3 Å². The molecule has 7 nitrogen and oxygen atoms in total. The fraction of sp³-hybridized carbons (Fsp3) is 0.290. The van der Waals surface area contributed by atoms with Crippen LogP contribution >= 0.6 is 11.6 Å². The minimum Gasteiger partial charge on any atom is -0.354 e. The third-order valence-electron chi connectivity index (χ3n) is 7.43. The Kier molecular flexibility index (Phi) is 8.02. The number of fused-ring (bicyclic) bond motifs is 1. The van der Waals surface area contributed by atoms with Gasteiger partial charge in [-0.25, -0.2) is 0 Å². The van der Waals surface area contributed by atoms with Crippen LogP contribution < -0.4 is 15.5 Å². The Morgan fingerprint density at radius 2 is 1.69 bits per heavy atom. The minimum atomic E-state index is -0.185. The van der Waals surface area contributed by atoms with E-state index >= 15 is 0 Å². The zero-order chi connectivity index (χ0) is 27.5. The minimum absolute atomic E-state index is 0.0682. The average molecular weight is 544 g/mol. The molecule has 39 heavy (non-hydrogen) atoms. The Morgan fingerprint density at radius 1 is 1.00 bits per heavy atom. The summed E-state index contributed by atoms with van der Waals surface area (Å²) in [6.45, 7) is 8.62. The third kappa shape index (κ3) is 6.01. The summed E-state index contributed by atoms with van der Waals surface area (Å²) in [4.78, 5) is 32.5. The lowest BCUT2D eigenvalue weighted by Gasteiger charge is -2.37. The van der Waals surface area contributed by atoms with Crippen molar-refractivity contribution in [3.8, 4) is 0 Å². The van der Waals surface area contributed by atoms with Gasteiger partial charge in [-0.3, -0.25) is 19.4 Å². The maximum atomic E-state index is 13.1. The Morgan fingerprint density at radius 3 is 2.36 bits per heavy atom. The van der Waals surface area contributed by atoms with Crippen LogP contribution in [0.2, 0.25) is 5.02 Å². The van der Waals surface area contributed by atoms with Crippen molar-refractivity contribution in [1.82, 2.24) is 9.80 Å². The van der Waals surface area contributed by atoms with Gasteiger partial charge < -0.3 is 15.5 Å². The van der Waals surface area contributed by atoms with Gasteiger partial charge in [0.15, 0.2) is 0 Å². The van der Waals surface area contributed by atoms with Crippen LogP contribution in [0.25, 0.3) is 11.3 Å². The largest absolute Gasteiger partial charge is 0.354 e. The van der Waals surface area contributed by atoms with Crippen molar-refractivity contribution in [3.63, 3.8) is 0 Å². The van der Waals surface area contributed by atoms with Gasteiger partial charge in [-0.1, -0.05) is 48.0 Å². The van der Waals surface area contributed by atoms with E-state index in [0.29, 0.717) is 34.6 Å². The Labute approximate surface area is 235 Å². The Bertz CT molecular complexity index is 1380. The molecule has 2 N–H and O–H groups in total. The van der Waals surface area contributed by atoms with Crippen LogP contribution in [0.5, 0.6) is 0 Å². The van der Waals surface area contributed by atoms with Crippen LogP contribution in [0.3, 0.4) is 0 Å². The number of likely N-dealkylation sites (N-methyl/N-ethyl adjacent to an activating group) is 1. The highest BCUT2D eigenvalue weighted by Gasteiger charge is 2.29. The second-order valence-electron chi connectivity index (χ2n) is 10.3. The van der Waals surface area contributed by atoms with Gasteiger partial charge in [-0.2, -0.15) is 0 Å². The molecule has 0 unspecified atom stereocenters. The van der Waals surface area contributed by atoms with Gasteiger partial charge in [-0.05, 0) is 55.8 Å². The summed E-state index contributed by atoms with van der Waals surface area (Å²) in [5.74, 6) is -0.117. The summed E-state index contributed by atoms with van der Waals surface area (Å²) in [7, 11) is 1.82. The number of halogens is 1. The van der Waals surface area contributed by atoms with E-state index in [0.717, 1.165) is 48.7 Å². The number of benzene rings is 3. The smallest absolute Gasteiger partial charge is 0.258 e. The lowest BCUT2D eigenvalue weighted by Crippen LogP contribution is -2.51. The zero-order valence-electron chi connectivity index (χ0n) is 22.6. The number of piperazine rings is 1. The highest BCUT2D eigenvalue weighted by atomic mass is 35.5. The van der Waals surface area contributed by atoms with Crippen molar-refractivity contribution >= 4 is 51.7 Å². The molecular weight excluding hydrogens is 510 g/mol. The molecule has 0 spiro atoms. The first-order valence-electron chi connectivity index (χ1n) is 13.3. The van der Waals surface area contributed by atoms with Gasteiger partial charge in [0.2, 0.25) is 5.91 Å². The van der Waals surface area contributed by atoms with Gasteiger partial charge in [0, 0.05) is 61.2 Å². The SMILES string of the molecule is CC(C)N1CCN(CC(=O)N(C)c2ccc(N/C(=C3\C(=O)Nc4cc(Cl)ccc43)c3ccccc3)cc2)CC1. The molecule has 0 radical (unpaired) electrons. The Hall–Kier alpha value is -3.65. The van der Waals surface area contributed by atoms with E-state index in [9.17, 15) is 9.59 Å². The molecule has 2 amide bonds. The van der Waals surface area contributed by atoms with Gasteiger partial charge >= 0.3 is 0 Å². The molecule has 2 heterocycles. The summed E-state index contributed by atoms with van der Waals surface area (Å²) in [6.07, 6.45) is 0. The number of carbonyl (C=O) groups is 2. The average Bonchev–Trinajstić information content (AvgIpc) is 3.26. The fourth-order valence-electron chi connectivity index (χ4n) is 5.07. The molecule has 0 bridgehead atoms. The third-order valence-corrected chi connectivity index (χ3v) is 7.67. The first-order chi connectivity index (χ1) is 18.8. The number of nitrogens with zero attached hydrogens (tertiary/aromatic N) is 3. The van der Waals surface area contributed by atoms with Gasteiger partial charge in [0.05, 0.1) is 23.5 Å². The van der Waals surface area contributed by atoms with Crippen molar-refractivity contribution < 1.29 is 9.59 Å². The maximum absolute atomic E-state index is 13.1. The lowest BCUT2D eigenvalue weighted by molar-refractivity contribution is -0.120. The standard InChI is InChI=1S/C31H34ClN5O2/c1-21(2)37-17-15-36(16-18-37)20-28(38)35(3)25-12-10-24(11-13-25)33-30(22-7-5-4-6-8-22)29-26-14-9-23(32)19-27(26)34-31(29)39/h4-14,19,21,33H,15-18,20H2,1-3H3,(H,34,39)/b30-29-. The molecule has 202 valence electrons. The predicted octanol–water partition coefficient (Wildman–Crippen LogP) is 5.26. The zero-order valence-corrected chi connectivity index (χ0v) is 23.3. The van der Waals surface area contributed by atoms with Crippen LogP contribution in [-0.4, -0.2) is 67.4 Å². The summed E-state index contributed by atoms with van der Waals surface area (Å²) < 4.78 is 0. The van der Waals surface area contributed by atoms with Crippen molar-refractivity contribution in [3.05, 3.63) is 88.9 Å². The van der Waals surface area contributed by atoms with E-state index in [1.165, 1.54) is 0 Å². The number of amides is 2. The maximum Gasteiger partial charge on any atom is 0.258 e. The molecular formula is C31H34ClN5O2. The highest BCUT2D eigenvalue weighted by molar-refractivity contribution is 6.38. The monoisotopic (exact) mass is 543 g/mol.